The molecule has 1 aliphatic rings. The molecule has 6 heteroatoms. The maximum atomic E-state index is 12.3. The zero-order valence-corrected chi connectivity index (χ0v) is 16.2. The first-order valence-corrected chi connectivity index (χ1v) is 9.60. The predicted molar refractivity (Wildman–Crippen MR) is 109 cm³/mol. The highest BCUT2D eigenvalue weighted by atomic mass is 16.5. The summed E-state index contributed by atoms with van der Waals surface area (Å²) >= 11 is 0. The van der Waals surface area contributed by atoms with Gasteiger partial charge in [0.2, 0.25) is 0 Å². The van der Waals surface area contributed by atoms with Gasteiger partial charge in [-0.2, -0.15) is 0 Å². The molecule has 28 heavy (non-hydrogen) atoms. The normalized spacial score (nSPS) is 16.6. The maximum absolute atomic E-state index is 12.3. The van der Waals surface area contributed by atoms with Crippen LogP contribution >= 0.6 is 0 Å². The number of nitrogens with zero attached hydrogens (tertiary/aromatic N) is 1. The van der Waals surface area contributed by atoms with E-state index in [0.29, 0.717) is 18.1 Å². The van der Waals surface area contributed by atoms with Crippen molar-refractivity contribution >= 4 is 11.9 Å². The van der Waals surface area contributed by atoms with Crippen molar-refractivity contribution < 1.29 is 14.3 Å². The van der Waals surface area contributed by atoms with Crippen molar-refractivity contribution in [3.05, 3.63) is 71.3 Å². The maximum Gasteiger partial charge on any atom is 0.338 e. The lowest BCUT2D eigenvalue weighted by molar-refractivity contribution is 0.0472. The largest absolute Gasteiger partial charge is 0.457 e. The van der Waals surface area contributed by atoms with E-state index in [0.717, 1.165) is 37.1 Å². The molecule has 2 N–H and O–H groups in total. The summed E-state index contributed by atoms with van der Waals surface area (Å²) in [5.74, 6) is 0.388. The van der Waals surface area contributed by atoms with Crippen molar-refractivity contribution in [3.63, 3.8) is 0 Å². The van der Waals surface area contributed by atoms with E-state index in [1.165, 1.54) is 0 Å². The van der Waals surface area contributed by atoms with Crippen LogP contribution in [0, 0.1) is 0 Å². The van der Waals surface area contributed by atoms with Gasteiger partial charge in [-0.15, -0.1) is 0 Å². The summed E-state index contributed by atoms with van der Waals surface area (Å²) in [6.45, 7) is 2.41. The van der Waals surface area contributed by atoms with E-state index in [4.69, 9.17) is 9.47 Å². The van der Waals surface area contributed by atoms with Gasteiger partial charge < -0.3 is 20.1 Å². The van der Waals surface area contributed by atoms with E-state index in [9.17, 15) is 4.79 Å². The molecule has 148 valence electrons. The van der Waals surface area contributed by atoms with Gasteiger partial charge >= 0.3 is 5.97 Å². The second-order valence-corrected chi connectivity index (χ2v) is 6.70. The second kappa shape index (κ2) is 10.5. The highest BCUT2D eigenvalue weighted by Crippen LogP contribution is 2.11. The van der Waals surface area contributed by atoms with E-state index < -0.39 is 0 Å². The summed E-state index contributed by atoms with van der Waals surface area (Å²) in [5, 5.41) is 6.54. The topological polar surface area (TPSA) is 72.0 Å². The van der Waals surface area contributed by atoms with Crippen LogP contribution in [0.5, 0.6) is 0 Å². The van der Waals surface area contributed by atoms with Crippen LogP contribution in [0.3, 0.4) is 0 Å². The van der Waals surface area contributed by atoms with Gasteiger partial charge in [0.05, 0.1) is 11.7 Å². The Morgan fingerprint density at radius 3 is 2.71 bits per heavy atom. The van der Waals surface area contributed by atoms with Gasteiger partial charge in [0.15, 0.2) is 5.96 Å². The molecule has 1 saturated heterocycles. The highest BCUT2D eigenvalue weighted by Gasteiger charge is 2.15. The SMILES string of the molecule is CN=C(NCc1cccc(C(=O)OCc2ccccc2)c1)NCC1CCCO1. The first-order chi connectivity index (χ1) is 13.7. The van der Waals surface area contributed by atoms with E-state index in [2.05, 4.69) is 15.6 Å². The van der Waals surface area contributed by atoms with Crippen LogP contribution < -0.4 is 10.6 Å². The average molecular weight is 381 g/mol. The fraction of sp³-hybridized carbons (Fsp3) is 0.364. The number of carbonyl (C=O) groups is 1. The second-order valence-electron chi connectivity index (χ2n) is 6.70. The molecule has 0 spiro atoms. The van der Waals surface area contributed by atoms with Crippen molar-refractivity contribution in [2.24, 2.45) is 4.99 Å². The first-order valence-electron chi connectivity index (χ1n) is 9.60. The summed E-state index contributed by atoms with van der Waals surface area (Å²) in [6.07, 6.45) is 2.45. The zero-order chi connectivity index (χ0) is 19.6. The Bertz CT molecular complexity index is 787. The minimum absolute atomic E-state index is 0.251. The lowest BCUT2D eigenvalue weighted by Gasteiger charge is -2.15. The van der Waals surface area contributed by atoms with Gasteiger partial charge in [0.25, 0.3) is 0 Å². The molecule has 3 rings (SSSR count). The quantitative estimate of drug-likeness (QED) is 0.438. The fourth-order valence-corrected chi connectivity index (χ4v) is 3.04. The number of nitrogens with one attached hydrogen (secondary N) is 2. The van der Waals surface area contributed by atoms with Crippen molar-refractivity contribution in [1.29, 1.82) is 0 Å². The molecule has 2 aromatic carbocycles. The van der Waals surface area contributed by atoms with Gasteiger partial charge in [-0.05, 0) is 36.1 Å². The minimum atomic E-state index is -0.327. The summed E-state index contributed by atoms with van der Waals surface area (Å²) in [6, 6.07) is 17.1. The minimum Gasteiger partial charge on any atom is -0.457 e. The zero-order valence-electron chi connectivity index (χ0n) is 16.2. The Morgan fingerprint density at radius 1 is 1.14 bits per heavy atom. The van der Waals surface area contributed by atoms with Gasteiger partial charge in [-0.3, -0.25) is 4.99 Å². The Labute approximate surface area is 166 Å². The molecule has 1 fully saturated rings. The molecule has 1 atom stereocenters. The number of carbonyl (C=O) groups excluding carboxylic acids is 1. The Morgan fingerprint density at radius 2 is 1.96 bits per heavy atom. The Hall–Kier alpha value is -2.86. The van der Waals surface area contributed by atoms with E-state index >= 15 is 0 Å². The number of benzene rings is 2. The van der Waals surface area contributed by atoms with Crippen molar-refractivity contribution in [2.45, 2.75) is 32.1 Å². The third-order valence-electron chi connectivity index (χ3n) is 4.58. The van der Waals surface area contributed by atoms with E-state index in [-0.39, 0.29) is 18.7 Å². The fourth-order valence-electron chi connectivity index (χ4n) is 3.04. The van der Waals surface area contributed by atoms with Crippen molar-refractivity contribution in [1.82, 2.24) is 10.6 Å². The first kappa shape index (κ1) is 19.9. The number of rotatable bonds is 7. The average Bonchev–Trinajstić information content (AvgIpc) is 3.27. The number of esters is 1. The van der Waals surface area contributed by atoms with Crippen LogP contribution in [0.15, 0.2) is 59.6 Å². The van der Waals surface area contributed by atoms with Crippen molar-refractivity contribution in [2.75, 3.05) is 20.2 Å². The Balaban J connectivity index is 1.48. The van der Waals surface area contributed by atoms with Crippen LogP contribution in [0.25, 0.3) is 0 Å². The van der Waals surface area contributed by atoms with Gasteiger partial charge in [-0.25, -0.2) is 4.79 Å². The number of guanidine groups is 1. The molecular formula is C22H27N3O3. The van der Waals surface area contributed by atoms with Crippen LogP contribution in [-0.2, 0) is 22.6 Å². The van der Waals surface area contributed by atoms with E-state index in [1.54, 1.807) is 13.1 Å². The molecule has 2 aromatic rings. The third kappa shape index (κ3) is 6.09. The highest BCUT2D eigenvalue weighted by molar-refractivity contribution is 5.89. The molecule has 1 aliphatic heterocycles. The van der Waals surface area contributed by atoms with Crippen LogP contribution in [0.2, 0.25) is 0 Å². The molecular weight excluding hydrogens is 354 g/mol. The van der Waals surface area contributed by atoms with Gasteiger partial charge in [0.1, 0.15) is 6.61 Å². The molecule has 1 heterocycles. The third-order valence-corrected chi connectivity index (χ3v) is 4.58. The number of aliphatic imine (C=N–C) groups is 1. The van der Waals surface area contributed by atoms with Crippen LogP contribution in [0.4, 0.5) is 0 Å². The summed E-state index contributed by atoms with van der Waals surface area (Å²) < 4.78 is 11.0. The molecule has 0 amide bonds. The number of hydrogen-bond acceptors (Lipinski definition) is 4. The van der Waals surface area contributed by atoms with Gasteiger partial charge in [-0.1, -0.05) is 42.5 Å². The smallest absolute Gasteiger partial charge is 0.338 e. The molecule has 0 aliphatic carbocycles. The monoisotopic (exact) mass is 381 g/mol. The standard InChI is InChI=1S/C22H27N3O3/c1-23-22(25-15-20-11-6-12-27-20)24-14-18-9-5-10-19(13-18)21(26)28-16-17-7-3-2-4-8-17/h2-5,7-10,13,20H,6,11-12,14-16H2,1H3,(H2,23,24,25). The predicted octanol–water partition coefficient (Wildman–Crippen LogP) is 2.89. The van der Waals surface area contributed by atoms with E-state index in [1.807, 2.05) is 48.5 Å². The molecule has 1 unspecified atom stereocenters. The summed E-state index contributed by atoms with van der Waals surface area (Å²) in [4.78, 5) is 16.6. The molecule has 0 radical (unpaired) electrons. The van der Waals surface area contributed by atoms with Crippen LogP contribution in [-0.4, -0.2) is 38.2 Å². The number of hydrogen-bond donors (Lipinski definition) is 2. The number of ether oxygens (including phenoxy) is 2. The molecule has 0 saturated carbocycles. The molecule has 6 nitrogen and oxygen atoms in total. The molecule has 0 aromatic heterocycles. The molecule has 0 bridgehead atoms. The Kier molecular flexibility index (Phi) is 7.44. The lowest BCUT2D eigenvalue weighted by atomic mass is 10.1. The van der Waals surface area contributed by atoms with Crippen LogP contribution in [0.1, 0.15) is 34.3 Å². The summed E-state index contributed by atoms with van der Waals surface area (Å²) in [7, 11) is 1.74. The van der Waals surface area contributed by atoms with Gasteiger partial charge in [0, 0.05) is 26.7 Å². The van der Waals surface area contributed by atoms with Crippen molar-refractivity contribution in [3.8, 4) is 0 Å². The lowest BCUT2D eigenvalue weighted by Crippen LogP contribution is -2.40. The summed E-state index contributed by atoms with van der Waals surface area (Å²) in [5.41, 5.74) is 2.49.